The standard InChI is InChI=1S/C49H47N5O4/c1-56-47(32-19-8-20-33-47)49(40-27-15-6-16-28-40,41-29-17-7-18-30-41)58-35-42(55)31-34-54-36-50-43-44(53-57-2)51-46(52-45(43)54)48(37-21-9-3-10-22-37,38-23-11-4-12-24-38)39-25-13-5-14-26-39/h3-30,32,36,42,55H,31,33-35H2,1-2H3,(H,51,52,53). The summed E-state index contributed by atoms with van der Waals surface area (Å²) < 4.78 is 15.5. The molecule has 9 heteroatoms. The van der Waals surface area contributed by atoms with E-state index < -0.39 is 22.7 Å². The summed E-state index contributed by atoms with van der Waals surface area (Å²) in [4.78, 5) is 20.7. The SMILES string of the molecule is CONc1nc(C(c2ccccc2)(c2ccccc2)c2ccccc2)nc2c1ncn2CCC(O)COC(c1ccccc1)(c1ccccc1)C1(OC)C=CC=CC1. The highest BCUT2D eigenvalue weighted by Crippen LogP contribution is 2.49. The predicted molar refractivity (Wildman–Crippen MR) is 227 cm³/mol. The van der Waals surface area contributed by atoms with Crippen LogP contribution in [-0.2, 0) is 31.9 Å². The minimum Gasteiger partial charge on any atom is -0.391 e. The van der Waals surface area contributed by atoms with Gasteiger partial charge in [0.25, 0.3) is 0 Å². The van der Waals surface area contributed by atoms with Gasteiger partial charge >= 0.3 is 0 Å². The fourth-order valence-corrected chi connectivity index (χ4v) is 8.43. The number of nitrogens with zero attached hydrogens (tertiary/aromatic N) is 4. The van der Waals surface area contributed by atoms with Gasteiger partial charge in [-0.1, -0.05) is 170 Å². The molecule has 0 fully saturated rings. The molecule has 1 aliphatic carbocycles. The van der Waals surface area contributed by atoms with Gasteiger partial charge in [0, 0.05) is 20.1 Å². The number of anilines is 1. The molecule has 2 atom stereocenters. The number of aromatic nitrogens is 4. The second kappa shape index (κ2) is 17.1. The third-order valence-electron chi connectivity index (χ3n) is 11.2. The Morgan fingerprint density at radius 3 is 1.69 bits per heavy atom. The molecular weight excluding hydrogens is 723 g/mol. The van der Waals surface area contributed by atoms with Gasteiger partial charge in [0.15, 0.2) is 28.4 Å². The first kappa shape index (κ1) is 38.6. The summed E-state index contributed by atoms with van der Waals surface area (Å²) in [6, 6.07) is 51.2. The van der Waals surface area contributed by atoms with Crippen LogP contribution in [0.3, 0.4) is 0 Å². The second-order valence-electron chi connectivity index (χ2n) is 14.4. The number of ether oxygens (including phenoxy) is 2. The normalized spacial score (nSPS) is 16.1. The number of benzene rings is 5. The maximum atomic E-state index is 11.8. The highest BCUT2D eigenvalue weighted by Gasteiger charge is 2.54. The largest absolute Gasteiger partial charge is 0.391 e. The fraction of sp³-hybridized carbons (Fsp3) is 0.204. The van der Waals surface area contributed by atoms with E-state index in [0.29, 0.717) is 42.2 Å². The van der Waals surface area contributed by atoms with Crippen LogP contribution in [0, 0.1) is 0 Å². The van der Waals surface area contributed by atoms with E-state index in [9.17, 15) is 5.11 Å². The Hall–Kier alpha value is -6.23. The van der Waals surface area contributed by atoms with Crippen molar-refractivity contribution in [1.82, 2.24) is 19.5 Å². The molecule has 2 unspecified atom stereocenters. The van der Waals surface area contributed by atoms with E-state index in [1.807, 2.05) is 108 Å². The van der Waals surface area contributed by atoms with Crippen molar-refractivity contribution >= 4 is 17.0 Å². The zero-order valence-corrected chi connectivity index (χ0v) is 32.7. The van der Waals surface area contributed by atoms with Crippen LogP contribution in [0.4, 0.5) is 5.82 Å². The lowest BCUT2D eigenvalue weighted by molar-refractivity contribution is -0.171. The van der Waals surface area contributed by atoms with Gasteiger partial charge in [-0.25, -0.2) is 20.4 Å². The van der Waals surface area contributed by atoms with Gasteiger partial charge in [0.2, 0.25) is 0 Å². The lowest BCUT2D eigenvalue weighted by atomic mass is 9.68. The van der Waals surface area contributed by atoms with Crippen molar-refractivity contribution in [2.45, 2.75) is 42.1 Å². The first-order chi connectivity index (χ1) is 28.6. The molecule has 2 aromatic heterocycles. The molecule has 2 N–H and O–H groups in total. The summed E-state index contributed by atoms with van der Waals surface area (Å²) in [6.45, 7) is 0.440. The maximum Gasteiger partial charge on any atom is 0.181 e. The van der Waals surface area contributed by atoms with Crippen LogP contribution >= 0.6 is 0 Å². The summed E-state index contributed by atoms with van der Waals surface area (Å²) >= 11 is 0. The van der Waals surface area contributed by atoms with Gasteiger partial charge in [-0.2, -0.15) is 0 Å². The number of allylic oxidation sites excluding steroid dienone is 2. The molecule has 0 amide bonds. The molecule has 58 heavy (non-hydrogen) atoms. The molecule has 0 spiro atoms. The summed E-state index contributed by atoms with van der Waals surface area (Å²) in [5.41, 5.74) is 6.15. The summed E-state index contributed by atoms with van der Waals surface area (Å²) in [6.07, 6.45) is 10.0. The van der Waals surface area contributed by atoms with Crippen molar-refractivity contribution in [3.63, 3.8) is 0 Å². The first-order valence-corrected chi connectivity index (χ1v) is 19.6. The minimum atomic E-state index is -1.08. The van der Waals surface area contributed by atoms with Gasteiger partial charge in [-0.15, -0.1) is 0 Å². The molecule has 5 aromatic carbocycles. The molecule has 0 aliphatic heterocycles. The molecule has 0 bridgehead atoms. The fourth-order valence-electron chi connectivity index (χ4n) is 8.43. The molecule has 9 nitrogen and oxygen atoms in total. The second-order valence-corrected chi connectivity index (χ2v) is 14.4. The smallest absolute Gasteiger partial charge is 0.181 e. The molecule has 7 aromatic rings. The van der Waals surface area contributed by atoms with Gasteiger partial charge < -0.3 is 19.1 Å². The van der Waals surface area contributed by atoms with E-state index in [1.165, 1.54) is 0 Å². The number of aliphatic hydroxyl groups is 1. The maximum absolute atomic E-state index is 11.8. The van der Waals surface area contributed by atoms with E-state index in [2.05, 4.69) is 78.3 Å². The zero-order valence-electron chi connectivity index (χ0n) is 32.7. The van der Waals surface area contributed by atoms with E-state index in [-0.39, 0.29) is 6.61 Å². The van der Waals surface area contributed by atoms with Crippen molar-refractivity contribution in [2.24, 2.45) is 0 Å². The number of nitrogens with one attached hydrogen (secondary N) is 1. The molecule has 292 valence electrons. The third kappa shape index (κ3) is 6.92. The van der Waals surface area contributed by atoms with E-state index in [1.54, 1.807) is 20.5 Å². The Kier molecular flexibility index (Phi) is 11.4. The van der Waals surface area contributed by atoms with E-state index in [0.717, 1.165) is 27.8 Å². The predicted octanol–water partition coefficient (Wildman–Crippen LogP) is 8.80. The molecular formula is C49H47N5O4. The Bertz CT molecular complexity index is 2320. The monoisotopic (exact) mass is 769 g/mol. The Balaban J connectivity index is 1.17. The van der Waals surface area contributed by atoms with Crippen LogP contribution in [0.15, 0.2) is 182 Å². The molecule has 0 saturated carbocycles. The van der Waals surface area contributed by atoms with Crippen LogP contribution < -0.4 is 5.48 Å². The van der Waals surface area contributed by atoms with Crippen LogP contribution in [0.2, 0.25) is 0 Å². The van der Waals surface area contributed by atoms with Crippen molar-refractivity contribution in [2.75, 3.05) is 26.3 Å². The average Bonchev–Trinajstić information content (AvgIpc) is 3.71. The number of aryl methyl sites for hydroxylation is 1. The van der Waals surface area contributed by atoms with Crippen molar-refractivity contribution in [1.29, 1.82) is 0 Å². The summed E-state index contributed by atoms with van der Waals surface area (Å²) in [7, 11) is 3.27. The lowest BCUT2D eigenvalue weighted by Gasteiger charge is -2.49. The first-order valence-electron chi connectivity index (χ1n) is 19.6. The van der Waals surface area contributed by atoms with Crippen molar-refractivity contribution in [3.8, 4) is 0 Å². The third-order valence-corrected chi connectivity index (χ3v) is 11.2. The Morgan fingerprint density at radius 1 is 0.707 bits per heavy atom. The molecule has 0 radical (unpaired) electrons. The summed E-state index contributed by atoms with van der Waals surface area (Å²) in [5, 5.41) is 11.8. The van der Waals surface area contributed by atoms with Crippen LogP contribution in [-0.4, -0.2) is 57.2 Å². The highest BCUT2D eigenvalue weighted by atomic mass is 16.6. The number of imidazole rings is 1. The number of hydrogen-bond acceptors (Lipinski definition) is 8. The van der Waals surface area contributed by atoms with Crippen molar-refractivity contribution in [3.05, 3.63) is 216 Å². The minimum absolute atomic E-state index is 0.0366. The zero-order chi connectivity index (χ0) is 39.8. The van der Waals surface area contributed by atoms with Gasteiger partial charge in [0.05, 0.1) is 26.1 Å². The number of rotatable bonds is 16. The number of fused-ring (bicyclic) bond motifs is 1. The van der Waals surface area contributed by atoms with Crippen molar-refractivity contribution < 1.29 is 19.4 Å². The van der Waals surface area contributed by atoms with Crippen LogP contribution in [0.5, 0.6) is 0 Å². The highest BCUT2D eigenvalue weighted by molar-refractivity contribution is 5.83. The van der Waals surface area contributed by atoms with Gasteiger partial charge in [0.1, 0.15) is 11.0 Å². The average molecular weight is 770 g/mol. The Morgan fingerprint density at radius 2 is 1.22 bits per heavy atom. The molecule has 2 heterocycles. The lowest BCUT2D eigenvalue weighted by Crippen LogP contribution is -2.55. The topological polar surface area (TPSA) is 104 Å². The molecule has 1 aliphatic rings. The molecule has 0 saturated heterocycles. The number of aliphatic hydroxyl groups excluding tert-OH is 1. The van der Waals surface area contributed by atoms with Gasteiger partial charge in [-0.3, -0.25) is 4.84 Å². The quantitative estimate of drug-likeness (QED) is 0.0743. The number of methoxy groups -OCH3 is 1. The van der Waals surface area contributed by atoms with Crippen LogP contribution in [0.25, 0.3) is 11.2 Å². The molecule has 8 rings (SSSR count). The van der Waals surface area contributed by atoms with E-state index >= 15 is 0 Å². The summed E-state index contributed by atoms with van der Waals surface area (Å²) in [5.74, 6) is 0.982. The van der Waals surface area contributed by atoms with Crippen LogP contribution in [0.1, 0.15) is 46.5 Å². The van der Waals surface area contributed by atoms with Gasteiger partial charge in [-0.05, 0) is 40.3 Å². The van der Waals surface area contributed by atoms with E-state index in [4.69, 9.17) is 29.3 Å². The Labute approximate surface area is 339 Å². The number of hydrogen-bond donors (Lipinski definition) is 2.